The minimum atomic E-state index is -1.59. The van der Waals surface area contributed by atoms with Crippen molar-refractivity contribution < 1.29 is 4.57 Å². The van der Waals surface area contributed by atoms with Gasteiger partial charge in [-0.3, -0.25) is 0 Å². The fourth-order valence-electron chi connectivity index (χ4n) is 6.53. The predicted molar refractivity (Wildman–Crippen MR) is 146 cm³/mol. The van der Waals surface area contributed by atoms with E-state index in [4.69, 9.17) is 0 Å². The summed E-state index contributed by atoms with van der Waals surface area (Å²) < 4.78 is 4.75. The van der Waals surface area contributed by atoms with Crippen LogP contribution in [0.3, 0.4) is 0 Å². The van der Waals surface area contributed by atoms with E-state index in [0.717, 1.165) is 16.5 Å². The second-order valence-electron chi connectivity index (χ2n) is 9.88. The van der Waals surface area contributed by atoms with E-state index in [2.05, 4.69) is 92.4 Å². The molecule has 0 aliphatic rings. The van der Waals surface area contributed by atoms with Crippen molar-refractivity contribution in [3.63, 3.8) is 0 Å². The van der Waals surface area contributed by atoms with Crippen LogP contribution in [0.5, 0.6) is 0 Å². The van der Waals surface area contributed by atoms with Crippen molar-refractivity contribution in [1.29, 1.82) is 5.26 Å². The van der Waals surface area contributed by atoms with Gasteiger partial charge < -0.3 is 4.40 Å². The van der Waals surface area contributed by atoms with E-state index in [9.17, 15) is 5.26 Å². The van der Waals surface area contributed by atoms with Crippen LogP contribution in [0.1, 0.15) is 31.9 Å². The maximum Gasteiger partial charge on any atom is 0.224 e. The lowest BCUT2D eigenvalue weighted by molar-refractivity contribution is -0.643. The summed E-state index contributed by atoms with van der Waals surface area (Å²) in [5.41, 5.74) is 6.95. The lowest BCUT2D eigenvalue weighted by atomic mass is 9.99. The van der Waals surface area contributed by atoms with Crippen molar-refractivity contribution in [3.05, 3.63) is 65.9 Å². The van der Waals surface area contributed by atoms with Crippen molar-refractivity contribution in [1.82, 2.24) is 4.40 Å². The Hall–Kier alpha value is -3.42. The maximum absolute atomic E-state index is 9.98. The van der Waals surface area contributed by atoms with Crippen LogP contribution in [-0.4, -0.2) is 12.5 Å². The molecule has 3 aromatic carbocycles. The van der Waals surface area contributed by atoms with Crippen LogP contribution in [0.2, 0.25) is 18.1 Å². The monoisotopic (exact) mass is 460 g/mol. The number of aromatic nitrogens is 2. The molecule has 0 N–H and O–H groups in total. The van der Waals surface area contributed by atoms with Gasteiger partial charge in [0.1, 0.15) is 7.05 Å². The fourth-order valence-corrected chi connectivity index (χ4v) is 10.2. The van der Waals surface area contributed by atoms with Gasteiger partial charge in [0.25, 0.3) is 0 Å². The molecule has 168 valence electrons. The summed E-state index contributed by atoms with van der Waals surface area (Å²) in [5.74, 6) is 0. The van der Waals surface area contributed by atoms with E-state index in [1.807, 2.05) is 12.1 Å². The SMILES string of the molecule is CC[Si](CC)(CC)c1cc2cc[n+](C)c3c4c(C)ccc5c6c(C#N)cccc6n(c(c1)c23)c54. The smallest absolute Gasteiger partial charge is 0.224 e. The first kappa shape index (κ1) is 21.1. The average molecular weight is 461 g/mol. The Morgan fingerprint density at radius 1 is 0.912 bits per heavy atom. The molecule has 3 heterocycles. The number of hydrogen-bond acceptors (Lipinski definition) is 1. The molecule has 0 aliphatic carbocycles. The highest BCUT2D eigenvalue weighted by molar-refractivity contribution is 6.92. The van der Waals surface area contributed by atoms with Crippen LogP contribution < -0.4 is 9.75 Å². The minimum absolute atomic E-state index is 0.748. The molecule has 0 fully saturated rings. The average Bonchev–Trinajstić information content (AvgIpc) is 3.21. The summed E-state index contributed by atoms with van der Waals surface area (Å²) in [6, 6.07) is 24.1. The highest BCUT2D eigenvalue weighted by Crippen LogP contribution is 2.41. The molecule has 0 unspecified atom stereocenters. The summed E-state index contributed by atoms with van der Waals surface area (Å²) in [6.07, 6.45) is 2.22. The van der Waals surface area contributed by atoms with Crippen LogP contribution in [0.15, 0.2) is 54.7 Å². The molecule has 0 amide bonds. The predicted octanol–water partition coefficient (Wildman–Crippen LogP) is 6.71. The lowest BCUT2D eigenvalue weighted by Gasteiger charge is -2.29. The van der Waals surface area contributed by atoms with Crippen molar-refractivity contribution >= 4 is 62.3 Å². The van der Waals surface area contributed by atoms with E-state index in [-0.39, 0.29) is 0 Å². The zero-order valence-electron chi connectivity index (χ0n) is 20.7. The third kappa shape index (κ3) is 2.48. The van der Waals surface area contributed by atoms with Gasteiger partial charge in [-0.05, 0) is 36.1 Å². The molecule has 0 bridgehead atoms. The number of aryl methyl sites for hydroxylation is 2. The summed E-state index contributed by atoms with van der Waals surface area (Å²) in [5, 5.41) is 17.7. The van der Waals surface area contributed by atoms with Crippen LogP contribution in [0.25, 0.3) is 49.0 Å². The Morgan fingerprint density at radius 2 is 1.68 bits per heavy atom. The molecule has 4 heteroatoms. The topological polar surface area (TPSA) is 32.1 Å². The Bertz CT molecular complexity index is 1790. The van der Waals surface area contributed by atoms with Gasteiger partial charge >= 0.3 is 0 Å². The number of hydrogen-bond donors (Lipinski definition) is 0. The van der Waals surface area contributed by atoms with Gasteiger partial charge in [0.05, 0.1) is 47.0 Å². The Kier molecular flexibility index (Phi) is 4.53. The van der Waals surface area contributed by atoms with Crippen molar-refractivity contribution in [2.24, 2.45) is 7.05 Å². The summed E-state index contributed by atoms with van der Waals surface area (Å²) >= 11 is 0. The number of benzene rings is 3. The quantitative estimate of drug-likeness (QED) is 0.124. The molecular formula is C30H30N3Si+. The van der Waals surface area contributed by atoms with Gasteiger partial charge in [0.15, 0.2) is 6.20 Å². The number of pyridine rings is 2. The summed E-state index contributed by atoms with van der Waals surface area (Å²) in [7, 11) is 0.571. The zero-order valence-corrected chi connectivity index (χ0v) is 21.7. The van der Waals surface area contributed by atoms with Crippen LogP contribution in [-0.2, 0) is 7.05 Å². The fraction of sp³-hybridized carbons (Fsp3) is 0.267. The molecule has 0 aliphatic heterocycles. The van der Waals surface area contributed by atoms with Gasteiger partial charge in [-0.15, -0.1) is 0 Å². The molecule has 6 aromatic rings. The van der Waals surface area contributed by atoms with Crippen LogP contribution in [0, 0.1) is 18.3 Å². The molecule has 0 atom stereocenters. The molecule has 0 radical (unpaired) electrons. The largest absolute Gasteiger partial charge is 0.307 e. The standard InChI is InChI=1S/C30H30N3Si/c1-6-34(7-2,8-3)22-16-20-14-15-32(5)30-26-19(4)12-13-23-27-21(18-31)10-9-11-24(27)33(29(23)26)25(17-22)28(20)30/h9-17H,6-8H2,1-5H3/q+1. The van der Waals surface area contributed by atoms with E-state index in [0.29, 0.717) is 0 Å². The molecular weight excluding hydrogens is 430 g/mol. The first-order chi connectivity index (χ1) is 16.5. The highest BCUT2D eigenvalue weighted by Gasteiger charge is 2.32. The second-order valence-corrected chi connectivity index (χ2v) is 15.1. The van der Waals surface area contributed by atoms with Crippen molar-refractivity contribution in [2.75, 3.05) is 0 Å². The van der Waals surface area contributed by atoms with Gasteiger partial charge in [-0.1, -0.05) is 68.4 Å². The van der Waals surface area contributed by atoms with E-state index in [1.165, 1.54) is 61.8 Å². The lowest BCUT2D eigenvalue weighted by Crippen LogP contribution is -2.45. The zero-order chi connectivity index (χ0) is 23.8. The minimum Gasteiger partial charge on any atom is -0.307 e. The van der Waals surface area contributed by atoms with Gasteiger partial charge in [0.2, 0.25) is 5.52 Å². The molecule has 0 saturated heterocycles. The Morgan fingerprint density at radius 3 is 2.38 bits per heavy atom. The van der Waals surface area contributed by atoms with Crippen LogP contribution >= 0.6 is 0 Å². The Labute approximate surface area is 201 Å². The number of rotatable bonds is 4. The maximum atomic E-state index is 9.98. The van der Waals surface area contributed by atoms with Crippen molar-refractivity contribution in [3.8, 4) is 6.07 Å². The number of fused-ring (bicyclic) bond motifs is 5. The summed E-state index contributed by atoms with van der Waals surface area (Å²) in [6.45, 7) is 9.36. The normalized spacial score (nSPS) is 12.6. The van der Waals surface area contributed by atoms with E-state index >= 15 is 0 Å². The third-order valence-electron chi connectivity index (χ3n) is 8.62. The number of nitriles is 1. The van der Waals surface area contributed by atoms with Gasteiger partial charge in [-0.25, -0.2) is 4.57 Å². The Balaban J connectivity index is 2.00. The van der Waals surface area contributed by atoms with Crippen LogP contribution in [0.4, 0.5) is 0 Å². The highest BCUT2D eigenvalue weighted by atomic mass is 28.3. The first-order valence-corrected chi connectivity index (χ1v) is 15.1. The molecule has 3 aromatic heterocycles. The summed E-state index contributed by atoms with van der Waals surface area (Å²) in [4.78, 5) is 0. The number of nitrogens with zero attached hydrogens (tertiary/aromatic N) is 3. The second kappa shape index (κ2) is 7.29. The molecule has 34 heavy (non-hydrogen) atoms. The molecule has 3 nitrogen and oxygen atoms in total. The van der Waals surface area contributed by atoms with Gasteiger partial charge in [0, 0.05) is 16.8 Å². The van der Waals surface area contributed by atoms with E-state index in [1.54, 1.807) is 5.19 Å². The molecule has 6 rings (SSSR count). The van der Waals surface area contributed by atoms with E-state index < -0.39 is 8.07 Å². The molecule has 0 saturated carbocycles. The first-order valence-electron chi connectivity index (χ1n) is 12.4. The van der Waals surface area contributed by atoms with Gasteiger partial charge in [-0.2, -0.15) is 5.26 Å². The molecule has 0 spiro atoms. The third-order valence-corrected chi connectivity index (χ3v) is 14.2. The van der Waals surface area contributed by atoms with Crippen molar-refractivity contribution in [2.45, 2.75) is 45.8 Å².